The first-order chi connectivity index (χ1) is 14.6. The fourth-order valence-electron chi connectivity index (χ4n) is 3.92. The quantitative estimate of drug-likeness (QED) is 0.537. The molecular weight excluding hydrogens is 404 g/mol. The van der Waals surface area contributed by atoms with Gasteiger partial charge in [-0.3, -0.25) is 9.36 Å². The maximum atomic E-state index is 11.7. The molecule has 1 aromatic carbocycles. The summed E-state index contributed by atoms with van der Waals surface area (Å²) in [5.41, 5.74) is 2.19. The lowest BCUT2D eigenvalue weighted by atomic mass is 10.1. The third kappa shape index (κ3) is 3.29. The van der Waals surface area contributed by atoms with Gasteiger partial charge in [0.05, 0.1) is 11.7 Å². The molecule has 30 heavy (non-hydrogen) atoms. The molecule has 1 aliphatic rings. The summed E-state index contributed by atoms with van der Waals surface area (Å²) in [7, 11) is 1.89. The lowest BCUT2D eigenvalue weighted by molar-refractivity contribution is 0.416. The zero-order valence-electron chi connectivity index (χ0n) is 16.2. The van der Waals surface area contributed by atoms with E-state index in [1.54, 1.807) is 6.07 Å². The fourth-order valence-corrected chi connectivity index (χ4v) is 4.11. The number of aromatic nitrogens is 5. The Morgan fingerprint density at radius 3 is 2.87 bits per heavy atom. The lowest BCUT2D eigenvalue weighted by Crippen LogP contribution is -2.25. The molecule has 0 amide bonds. The Kier molecular flexibility index (Phi) is 4.63. The molecule has 5 rings (SSSR count). The van der Waals surface area contributed by atoms with Crippen LogP contribution in [0.2, 0.25) is 5.02 Å². The van der Waals surface area contributed by atoms with Crippen molar-refractivity contribution in [3.63, 3.8) is 0 Å². The van der Waals surface area contributed by atoms with Crippen molar-refractivity contribution in [3.8, 4) is 22.8 Å². The summed E-state index contributed by atoms with van der Waals surface area (Å²) in [5.74, 6) is 2.01. The molecule has 0 aliphatic carbocycles. The summed E-state index contributed by atoms with van der Waals surface area (Å²) < 4.78 is 7.49. The Labute approximate surface area is 177 Å². The van der Waals surface area contributed by atoms with Crippen molar-refractivity contribution in [2.75, 3.05) is 11.4 Å². The van der Waals surface area contributed by atoms with Gasteiger partial charge in [-0.05, 0) is 31.0 Å². The van der Waals surface area contributed by atoms with E-state index in [-0.39, 0.29) is 11.6 Å². The maximum Gasteiger partial charge on any atom is 0.248 e. The Balaban J connectivity index is 1.46. The SMILES string of the molecule is Cn1c(-c2cccc(=O)[nH]2)nnc1N1CCCC1c1cc(-c2cccc(Cl)c2)on1. The summed E-state index contributed by atoms with van der Waals surface area (Å²) in [4.78, 5) is 16.6. The first-order valence-corrected chi connectivity index (χ1v) is 10.1. The molecule has 4 aromatic rings. The van der Waals surface area contributed by atoms with Crippen LogP contribution in [0.25, 0.3) is 22.8 Å². The molecule has 9 heteroatoms. The van der Waals surface area contributed by atoms with E-state index in [2.05, 4.69) is 25.2 Å². The fraction of sp³-hybridized carbons (Fsp3) is 0.238. The number of hydrogen-bond donors (Lipinski definition) is 1. The number of nitrogens with zero attached hydrogens (tertiary/aromatic N) is 5. The summed E-state index contributed by atoms with van der Waals surface area (Å²) in [5, 5.41) is 13.7. The molecule has 1 atom stereocenters. The summed E-state index contributed by atoms with van der Waals surface area (Å²) >= 11 is 6.10. The average molecular weight is 423 g/mol. The Morgan fingerprint density at radius 2 is 2.03 bits per heavy atom. The number of aromatic amines is 1. The van der Waals surface area contributed by atoms with E-state index in [0.717, 1.165) is 36.6 Å². The molecule has 0 saturated carbocycles. The predicted molar refractivity (Wildman–Crippen MR) is 113 cm³/mol. The summed E-state index contributed by atoms with van der Waals surface area (Å²) in [6.07, 6.45) is 1.94. The van der Waals surface area contributed by atoms with Gasteiger partial charge in [0.2, 0.25) is 11.5 Å². The first-order valence-electron chi connectivity index (χ1n) is 9.68. The van der Waals surface area contributed by atoms with E-state index in [1.807, 2.05) is 48.0 Å². The Morgan fingerprint density at radius 1 is 1.17 bits per heavy atom. The van der Waals surface area contributed by atoms with E-state index in [9.17, 15) is 4.79 Å². The Bertz CT molecular complexity index is 1260. The molecule has 152 valence electrons. The van der Waals surface area contributed by atoms with E-state index in [1.165, 1.54) is 6.07 Å². The van der Waals surface area contributed by atoms with Gasteiger partial charge >= 0.3 is 0 Å². The highest BCUT2D eigenvalue weighted by atomic mass is 35.5. The number of halogens is 1. The minimum atomic E-state index is -0.174. The number of rotatable bonds is 4. The van der Waals surface area contributed by atoms with Gasteiger partial charge in [0.1, 0.15) is 5.69 Å². The second kappa shape index (κ2) is 7.46. The van der Waals surface area contributed by atoms with Gasteiger partial charge < -0.3 is 14.4 Å². The second-order valence-electron chi connectivity index (χ2n) is 7.29. The number of pyridine rings is 1. The van der Waals surface area contributed by atoms with Crippen molar-refractivity contribution in [3.05, 3.63) is 69.6 Å². The van der Waals surface area contributed by atoms with Crippen molar-refractivity contribution in [2.45, 2.75) is 18.9 Å². The van der Waals surface area contributed by atoms with E-state index in [0.29, 0.717) is 22.3 Å². The molecule has 1 fully saturated rings. The number of nitrogens with one attached hydrogen (secondary N) is 1. The van der Waals surface area contributed by atoms with Crippen LogP contribution in [-0.2, 0) is 7.05 Å². The predicted octanol–water partition coefficient (Wildman–Crippen LogP) is 3.82. The minimum Gasteiger partial charge on any atom is -0.356 e. The molecule has 1 saturated heterocycles. The number of anilines is 1. The molecule has 0 spiro atoms. The summed E-state index contributed by atoms with van der Waals surface area (Å²) in [6.45, 7) is 0.835. The molecule has 1 N–H and O–H groups in total. The molecule has 1 aliphatic heterocycles. The van der Waals surface area contributed by atoms with E-state index >= 15 is 0 Å². The standard InChI is InChI=1S/C21H19ClN6O2/c1-27-20(15-7-3-9-19(29)23-15)24-25-21(27)28-10-4-8-17(28)16-12-18(30-26-16)13-5-2-6-14(22)11-13/h2-3,5-7,9,11-12,17H,4,8,10H2,1H3,(H,23,29). The average Bonchev–Trinajstić information content (AvgIpc) is 3.47. The molecule has 4 heterocycles. The molecule has 1 unspecified atom stereocenters. The molecule has 0 bridgehead atoms. The van der Waals surface area contributed by atoms with Crippen LogP contribution >= 0.6 is 11.6 Å². The third-order valence-electron chi connectivity index (χ3n) is 5.35. The molecule has 0 radical (unpaired) electrons. The summed E-state index contributed by atoms with van der Waals surface area (Å²) in [6, 6.07) is 14.5. The van der Waals surface area contributed by atoms with Crippen LogP contribution in [0, 0.1) is 0 Å². The highest BCUT2D eigenvalue weighted by molar-refractivity contribution is 6.30. The van der Waals surface area contributed by atoms with Crippen LogP contribution in [0.1, 0.15) is 24.6 Å². The van der Waals surface area contributed by atoms with Crippen LogP contribution in [0.3, 0.4) is 0 Å². The largest absolute Gasteiger partial charge is 0.356 e. The van der Waals surface area contributed by atoms with Gasteiger partial charge in [-0.2, -0.15) is 0 Å². The molecule has 8 nitrogen and oxygen atoms in total. The third-order valence-corrected chi connectivity index (χ3v) is 5.58. The van der Waals surface area contributed by atoms with Crippen LogP contribution < -0.4 is 10.5 Å². The lowest BCUT2D eigenvalue weighted by Gasteiger charge is -2.23. The van der Waals surface area contributed by atoms with Gasteiger partial charge in [0.15, 0.2) is 11.6 Å². The number of benzene rings is 1. The number of hydrogen-bond acceptors (Lipinski definition) is 6. The molecule has 3 aromatic heterocycles. The van der Waals surface area contributed by atoms with E-state index in [4.69, 9.17) is 16.1 Å². The topological polar surface area (TPSA) is 92.8 Å². The van der Waals surface area contributed by atoms with Crippen LogP contribution in [0.15, 0.2) is 57.8 Å². The van der Waals surface area contributed by atoms with Gasteiger partial charge in [-0.15, -0.1) is 10.2 Å². The zero-order valence-corrected chi connectivity index (χ0v) is 17.0. The van der Waals surface area contributed by atoms with E-state index < -0.39 is 0 Å². The van der Waals surface area contributed by atoms with Crippen LogP contribution in [-0.4, -0.2) is 31.4 Å². The van der Waals surface area contributed by atoms with Gasteiger partial charge in [-0.1, -0.05) is 35.0 Å². The van der Waals surface area contributed by atoms with Gasteiger partial charge in [-0.25, -0.2) is 0 Å². The van der Waals surface area contributed by atoms with Crippen molar-refractivity contribution in [2.24, 2.45) is 7.05 Å². The minimum absolute atomic E-state index is 0.0345. The maximum absolute atomic E-state index is 11.7. The van der Waals surface area contributed by atoms with Gasteiger partial charge in [0.25, 0.3) is 0 Å². The number of H-pyrrole nitrogens is 1. The van der Waals surface area contributed by atoms with Crippen molar-refractivity contribution in [1.29, 1.82) is 0 Å². The monoisotopic (exact) mass is 422 g/mol. The van der Waals surface area contributed by atoms with Crippen molar-refractivity contribution < 1.29 is 4.52 Å². The van der Waals surface area contributed by atoms with Crippen LogP contribution in [0.5, 0.6) is 0 Å². The smallest absolute Gasteiger partial charge is 0.248 e. The highest BCUT2D eigenvalue weighted by Gasteiger charge is 2.32. The first kappa shape index (κ1) is 18.6. The van der Waals surface area contributed by atoms with Crippen LogP contribution in [0.4, 0.5) is 5.95 Å². The Hall–Kier alpha value is -3.39. The highest BCUT2D eigenvalue weighted by Crippen LogP contribution is 2.37. The van der Waals surface area contributed by atoms with Gasteiger partial charge in [0, 0.05) is 36.3 Å². The van der Waals surface area contributed by atoms with Crippen molar-refractivity contribution in [1.82, 2.24) is 24.9 Å². The second-order valence-corrected chi connectivity index (χ2v) is 7.73. The normalized spacial score (nSPS) is 16.3. The van der Waals surface area contributed by atoms with Crippen molar-refractivity contribution >= 4 is 17.5 Å². The molecular formula is C21H19ClN6O2. The zero-order chi connectivity index (χ0) is 20.7.